The van der Waals surface area contributed by atoms with Crippen LogP contribution in [0.3, 0.4) is 0 Å². The lowest BCUT2D eigenvalue weighted by atomic mass is 9.70. The second kappa shape index (κ2) is 6.72. The van der Waals surface area contributed by atoms with Crippen molar-refractivity contribution < 1.29 is 9.53 Å². The summed E-state index contributed by atoms with van der Waals surface area (Å²) in [5.41, 5.74) is 0.735. The molecule has 1 aliphatic heterocycles. The van der Waals surface area contributed by atoms with Gasteiger partial charge in [-0.3, -0.25) is 0 Å². The molecule has 1 amide bonds. The molecule has 128 valence electrons. The number of carbonyl (C=O) groups excluding carboxylic acids is 1. The Hall–Kier alpha value is -1.22. The molecule has 0 aromatic heterocycles. The number of hydrogen-bond acceptors (Lipinski definition) is 2. The molecule has 3 nitrogen and oxygen atoms in total. The number of piperidine rings is 1. The highest BCUT2D eigenvalue weighted by atomic mass is 35.5. The molecule has 1 aromatic carbocycles. The van der Waals surface area contributed by atoms with Crippen LogP contribution in [0.25, 0.3) is 0 Å². The molecular weight excluding hydrogens is 310 g/mol. The zero-order valence-corrected chi connectivity index (χ0v) is 15.6. The van der Waals surface area contributed by atoms with Crippen LogP contribution in [-0.4, -0.2) is 29.7 Å². The normalized spacial score (nSPS) is 19.6. The quantitative estimate of drug-likeness (QED) is 0.736. The average molecular weight is 338 g/mol. The van der Waals surface area contributed by atoms with Crippen molar-refractivity contribution in [3.63, 3.8) is 0 Å². The van der Waals surface area contributed by atoms with Crippen molar-refractivity contribution in [2.45, 2.75) is 58.5 Å². The van der Waals surface area contributed by atoms with Crippen molar-refractivity contribution in [1.29, 1.82) is 0 Å². The Labute approximate surface area is 145 Å². The van der Waals surface area contributed by atoms with Crippen molar-refractivity contribution in [2.24, 2.45) is 5.92 Å². The van der Waals surface area contributed by atoms with Crippen LogP contribution < -0.4 is 0 Å². The topological polar surface area (TPSA) is 29.5 Å². The molecule has 1 aliphatic rings. The third kappa shape index (κ3) is 4.63. The van der Waals surface area contributed by atoms with Gasteiger partial charge in [0, 0.05) is 18.1 Å². The van der Waals surface area contributed by atoms with Gasteiger partial charge in [0.25, 0.3) is 0 Å². The molecule has 4 heteroatoms. The van der Waals surface area contributed by atoms with E-state index in [9.17, 15) is 4.79 Å². The summed E-state index contributed by atoms with van der Waals surface area (Å²) in [5, 5.41) is 0.760. The predicted octanol–water partition coefficient (Wildman–Crippen LogP) is 5.26. The summed E-state index contributed by atoms with van der Waals surface area (Å²) in [5.74, 6) is 0.391. The molecule has 0 unspecified atom stereocenters. The summed E-state index contributed by atoms with van der Waals surface area (Å²) in [6, 6.07) is 8.05. The Bertz CT molecular complexity index is 563. The van der Waals surface area contributed by atoms with Gasteiger partial charge in [-0.15, -0.1) is 0 Å². The van der Waals surface area contributed by atoms with E-state index in [4.69, 9.17) is 16.3 Å². The van der Waals surface area contributed by atoms with Gasteiger partial charge in [-0.25, -0.2) is 4.79 Å². The number of rotatable bonds is 2. The monoisotopic (exact) mass is 337 g/mol. The first-order chi connectivity index (χ1) is 10.6. The lowest BCUT2D eigenvalue weighted by Crippen LogP contribution is -2.47. The number of halogens is 1. The molecular formula is C19H28ClNO2. The Kier molecular flexibility index (Phi) is 5.30. The summed E-state index contributed by atoms with van der Waals surface area (Å²) in [6.45, 7) is 11.7. The van der Waals surface area contributed by atoms with E-state index in [0.717, 1.165) is 31.0 Å². The minimum Gasteiger partial charge on any atom is -0.444 e. The zero-order valence-electron chi connectivity index (χ0n) is 14.9. The second-order valence-corrected chi connectivity index (χ2v) is 8.43. The van der Waals surface area contributed by atoms with Crippen molar-refractivity contribution in [3.8, 4) is 0 Å². The lowest BCUT2D eigenvalue weighted by Gasteiger charge is -2.42. The fourth-order valence-electron chi connectivity index (χ4n) is 3.18. The second-order valence-electron chi connectivity index (χ2n) is 8.00. The molecule has 1 atom stereocenters. The average Bonchev–Trinajstić information content (AvgIpc) is 2.45. The molecule has 0 bridgehead atoms. The van der Waals surface area contributed by atoms with E-state index in [0.29, 0.717) is 5.92 Å². The number of likely N-dealkylation sites (tertiary alicyclic amines) is 1. The van der Waals surface area contributed by atoms with Gasteiger partial charge in [0.1, 0.15) is 5.60 Å². The van der Waals surface area contributed by atoms with E-state index in [2.05, 4.69) is 19.9 Å². The van der Waals surface area contributed by atoms with E-state index < -0.39 is 5.60 Å². The van der Waals surface area contributed by atoms with Gasteiger partial charge in [0.2, 0.25) is 0 Å². The van der Waals surface area contributed by atoms with Gasteiger partial charge >= 0.3 is 6.09 Å². The van der Waals surface area contributed by atoms with Crippen LogP contribution in [0.15, 0.2) is 24.3 Å². The van der Waals surface area contributed by atoms with E-state index >= 15 is 0 Å². The fourth-order valence-corrected chi connectivity index (χ4v) is 3.37. The third-order valence-corrected chi connectivity index (χ3v) is 4.90. The van der Waals surface area contributed by atoms with Crippen LogP contribution in [0.2, 0.25) is 5.02 Å². The smallest absolute Gasteiger partial charge is 0.410 e. The van der Waals surface area contributed by atoms with Gasteiger partial charge in [-0.2, -0.15) is 0 Å². The van der Waals surface area contributed by atoms with Crippen LogP contribution in [0.5, 0.6) is 0 Å². The van der Waals surface area contributed by atoms with Crippen LogP contribution in [0.1, 0.15) is 53.0 Å². The number of carbonyl (C=O) groups is 1. The maximum absolute atomic E-state index is 12.4. The number of benzene rings is 1. The first kappa shape index (κ1) is 18.1. The predicted molar refractivity (Wildman–Crippen MR) is 95.0 cm³/mol. The highest BCUT2D eigenvalue weighted by Crippen LogP contribution is 2.38. The molecule has 1 aromatic rings. The van der Waals surface area contributed by atoms with Crippen LogP contribution >= 0.6 is 11.6 Å². The van der Waals surface area contributed by atoms with Crippen LogP contribution in [-0.2, 0) is 10.2 Å². The molecule has 2 rings (SSSR count). The van der Waals surface area contributed by atoms with E-state index in [1.165, 1.54) is 5.56 Å². The van der Waals surface area contributed by atoms with Crippen LogP contribution in [0, 0.1) is 5.92 Å². The Morgan fingerprint density at radius 3 is 2.57 bits per heavy atom. The lowest BCUT2D eigenvalue weighted by molar-refractivity contribution is 0.0123. The van der Waals surface area contributed by atoms with Gasteiger partial charge in [-0.05, 0) is 62.6 Å². The Morgan fingerprint density at radius 2 is 1.96 bits per heavy atom. The van der Waals surface area contributed by atoms with Crippen LogP contribution in [0.4, 0.5) is 4.79 Å². The molecule has 1 heterocycles. The Morgan fingerprint density at radius 1 is 1.26 bits per heavy atom. The number of amides is 1. The zero-order chi connectivity index (χ0) is 17.3. The summed E-state index contributed by atoms with van der Waals surface area (Å²) in [4.78, 5) is 14.2. The Balaban J connectivity index is 2.12. The maximum atomic E-state index is 12.4. The molecule has 0 spiro atoms. The first-order valence-electron chi connectivity index (χ1n) is 8.33. The molecule has 0 N–H and O–H groups in total. The third-order valence-electron chi connectivity index (χ3n) is 4.66. The molecule has 0 radical (unpaired) electrons. The molecule has 1 saturated heterocycles. The van der Waals surface area contributed by atoms with Gasteiger partial charge in [-0.1, -0.05) is 37.6 Å². The van der Waals surface area contributed by atoms with Gasteiger partial charge in [0.05, 0.1) is 0 Å². The maximum Gasteiger partial charge on any atom is 0.410 e. The molecule has 23 heavy (non-hydrogen) atoms. The number of hydrogen-bond donors (Lipinski definition) is 0. The van der Waals surface area contributed by atoms with Gasteiger partial charge < -0.3 is 9.64 Å². The molecule has 1 fully saturated rings. The van der Waals surface area contributed by atoms with E-state index in [1.807, 2.05) is 43.9 Å². The van der Waals surface area contributed by atoms with Crippen molar-refractivity contribution in [2.75, 3.05) is 13.1 Å². The summed E-state index contributed by atoms with van der Waals surface area (Å²) < 4.78 is 5.53. The first-order valence-corrected chi connectivity index (χ1v) is 8.71. The highest BCUT2D eigenvalue weighted by molar-refractivity contribution is 6.30. The molecule has 0 saturated carbocycles. The summed E-state index contributed by atoms with van der Waals surface area (Å²) in [7, 11) is 0. The minimum absolute atomic E-state index is 0.0361. The molecule has 0 aliphatic carbocycles. The van der Waals surface area contributed by atoms with Crippen molar-refractivity contribution in [3.05, 3.63) is 34.9 Å². The number of ether oxygens (including phenoxy) is 1. The minimum atomic E-state index is -0.452. The van der Waals surface area contributed by atoms with E-state index in [-0.39, 0.29) is 11.5 Å². The van der Waals surface area contributed by atoms with E-state index in [1.54, 1.807) is 0 Å². The fraction of sp³-hybridized carbons (Fsp3) is 0.632. The van der Waals surface area contributed by atoms with Gasteiger partial charge in [0.15, 0.2) is 0 Å². The summed E-state index contributed by atoms with van der Waals surface area (Å²) >= 11 is 6.16. The highest BCUT2D eigenvalue weighted by Gasteiger charge is 2.37. The van der Waals surface area contributed by atoms with Crippen molar-refractivity contribution in [1.82, 2.24) is 4.90 Å². The SMILES string of the molecule is CC(C)(C)OC(=O)N1CCC[C@@H](C(C)(C)c2cccc(Cl)c2)C1. The van der Waals surface area contributed by atoms with Crippen molar-refractivity contribution >= 4 is 17.7 Å². The largest absolute Gasteiger partial charge is 0.444 e. The number of nitrogens with zero attached hydrogens (tertiary/aromatic N) is 1. The summed E-state index contributed by atoms with van der Waals surface area (Å²) in [6.07, 6.45) is 1.91. The standard InChI is InChI=1S/C19H28ClNO2/c1-18(2,3)23-17(22)21-11-7-9-15(13-21)19(4,5)14-8-6-10-16(20)12-14/h6,8,10,12,15H,7,9,11,13H2,1-5H3/t15-/m1/s1.